The van der Waals surface area contributed by atoms with Gasteiger partial charge in [-0.2, -0.15) is 0 Å². The molecule has 0 aliphatic rings. The van der Waals surface area contributed by atoms with Gasteiger partial charge < -0.3 is 15.4 Å². The first kappa shape index (κ1) is 10.0. The first-order valence-electron chi connectivity index (χ1n) is 3.81. The van der Waals surface area contributed by atoms with Gasteiger partial charge in [0.05, 0.1) is 6.21 Å². The lowest BCUT2D eigenvalue weighted by atomic mass is 10.1. The molecule has 0 aliphatic carbocycles. The Balaban J connectivity index is 3.41. The second-order valence-corrected chi connectivity index (χ2v) is 2.70. The minimum Gasteiger partial charge on any atom is -0.507 e. The van der Waals surface area contributed by atoms with E-state index in [4.69, 9.17) is 5.21 Å². The van der Waals surface area contributed by atoms with Crippen molar-refractivity contribution in [3.63, 3.8) is 0 Å². The van der Waals surface area contributed by atoms with E-state index in [0.717, 1.165) is 6.21 Å². The van der Waals surface area contributed by atoms with Gasteiger partial charge in [0.1, 0.15) is 17.1 Å². The van der Waals surface area contributed by atoms with Gasteiger partial charge in [0, 0.05) is 5.56 Å². The van der Waals surface area contributed by atoms with E-state index < -0.39 is 11.5 Å². The summed E-state index contributed by atoms with van der Waals surface area (Å²) < 4.78 is 0. The van der Waals surface area contributed by atoms with Crippen molar-refractivity contribution in [1.82, 2.24) is 0 Å². The molecule has 0 fully saturated rings. The molecule has 0 bridgehead atoms. The van der Waals surface area contributed by atoms with Crippen molar-refractivity contribution >= 4 is 12.0 Å². The van der Waals surface area contributed by atoms with Crippen LogP contribution in [0.1, 0.15) is 22.8 Å². The number of hydrogen-bond acceptors (Lipinski definition) is 5. The molecule has 0 saturated heterocycles. The van der Waals surface area contributed by atoms with Gasteiger partial charge in [0.2, 0.25) is 0 Å². The van der Waals surface area contributed by atoms with Crippen molar-refractivity contribution in [2.45, 2.75) is 6.92 Å². The van der Waals surface area contributed by atoms with Crippen LogP contribution in [0.15, 0.2) is 17.3 Å². The van der Waals surface area contributed by atoms with Crippen LogP contribution in [0.25, 0.3) is 0 Å². The summed E-state index contributed by atoms with van der Waals surface area (Å²) in [5.74, 6) is -1.16. The fraction of sp³-hybridized carbons (Fsp3) is 0.111. The average Bonchev–Trinajstić information content (AvgIpc) is 2.10. The van der Waals surface area contributed by atoms with Crippen molar-refractivity contribution < 1.29 is 20.2 Å². The second-order valence-electron chi connectivity index (χ2n) is 2.70. The van der Waals surface area contributed by atoms with Crippen LogP contribution in [0.4, 0.5) is 0 Å². The van der Waals surface area contributed by atoms with Crippen molar-refractivity contribution in [2.75, 3.05) is 0 Å². The lowest BCUT2D eigenvalue weighted by Gasteiger charge is -2.05. The van der Waals surface area contributed by atoms with Crippen LogP contribution in [0.2, 0.25) is 0 Å². The third kappa shape index (κ3) is 1.66. The highest BCUT2D eigenvalue weighted by Crippen LogP contribution is 2.29. The molecule has 74 valence electrons. The number of hydrogen-bond donors (Lipinski definition) is 3. The van der Waals surface area contributed by atoms with E-state index in [0.29, 0.717) is 0 Å². The Hall–Kier alpha value is -2.04. The summed E-state index contributed by atoms with van der Waals surface area (Å²) >= 11 is 0. The lowest BCUT2D eigenvalue weighted by Crippen LogP contribution is -1.96. The summed E-state index contributed by atoms with van der Waals surface area (Å²) in [5, 5.41) is 29.7. The third-order valence-electron chi connectivity index (χ3n) is 1.74. The SMILES string of the molecule is CC(=O)c1c(O)ccc(/C=N/O)c1O. The Kier molecular flexibility index (Phi) is 2.71. The molecule has 14 heavy (non-hydrogen) atoms. The largest absolute Gasteiger partial charge is 0.507 e. The fourth-order valence-corrected chi connectivity index (χ4v) is 1.11. The van der Waals surface area contributed by atoms with Gasteiger partial charge in [-0.25, -0.2) is 0 Å². The zero-order valence-corrected chi connectivity index (χ0v) is 7.43. The molecule has 0 unspecified atom stereocenters. The molecule has 1 aromatic rings. The van der Waals surface area contributed by atoms with Crippen LogP contribution < -0.4 is 0 Å². The predicted octanol–water partition coefficient (Wildman–Crippen LogP) is 1.11. The van der Waals surface area contributed by atoms with Crippen LogP contribution in [0, 0.1) is 0 Å². The number of nitrogens with zero attached hydrogens (tertiary/aromatic N) is 1. The molecular formula is C9H9NO4. The summed E-state index contributed by atoms with van der Waals surface area (Å²) in [6.07, 6.45) is 0.973. The van der Waals surface area contributed by atoms with E-state index in [1.54, 1.807) is 0 Å². The number of phenolic OH excluding ortho intramolecular Hbond substituents is 2. The Morgan fingerprint density at radius 1 is 1.43 bits per heavy atom. The van der Waals surface area contributed by atoms with E-state index in [9.17, 15) is 15.0 Å². The number of ketones is 1. The van der Waals surface area contributed by atoms with Gasteiger partial charge in [0.15, 0.2) is 5.78 Å². The van der Waals surface area contributed by atoms with E-state index >= 15 is 0 Å². The monoisotopic (exact) mass is 195 g/mol. The highest BCUT2D eigenvalue weighted by atomic mass is 16.4. The first-order valence-corrected chi connectivity index (χ1v) is 3.81. The Morgan fingerprint density at radius 2 is 2.07 bits per heavy atom. The number of benzene rings is 1. The van der Waals surface area contributed by atoms with Gasteiger partial charge in [-0.3, -0.25) is 4.79 Å². The third-order valence-corrected chi connectivity index (χ3v) is 1.74. The summed E-state index contributed by atoms with van der Waals surface area (Å²) in [6.45, 7) is 1.22. The summed E-state index contributed by atoms with van der Waals surface area (Å²) in [5.41, 5.74) is -0.0158. The van der Waals surface area contributed by atoms with Crippen LogP contribution in [-0.2, 0) is 0 Å². The molecule has 0 aliphatic heterocycles. The maximum absolute atomic E-state index is 11.0. The smallest absolute Gasteiger partial charge is 0.167 e. The minimum absolute atomic E-state index is 0.163. The van der Waals surface area contributed by atoms with Crippen molar-refractivity contribution in [1.29, 1.82) is 0 Å². The van der Waals surface area contributed by atoms with Crippen LogP contribution in [-0.4, -0.2) is 27.4 Å². The van der Waals surface area contributed by atoms with E-state index in [1.165, 1.54) is 19.1 Å². The Labute approximate surface area is 79.9 Å². The zero-order chi connectivity index (χ0) is 10.7. The first-order chi connectivity index (χ1) is 6.57. The second kappa shape index (κ2) is 3.78. The van der Waals surface area contributed by atoms with Gasteiger partial charge in [-0.1, -0.05) is 5.16 Å². The molecule has 5 heteroatoms. The quantitative estimate of drug-likeness (QED) is 0.285. The molecule has 0 heterocycles. The molecule has 3 N–H and O–H groups in total. The number of aromatic hydroxyl groups is 2. The molecule has 0 radical (unpaired) electrons. The Bertz CT molecular complexity index is 398. The summed E-state index contributed by atoms with van der Waals surface area (Å²) in [7, 11) is 0. The molecule has 1 aromatic carbocycles. The number of phenols is 2. The maximum Gasteiger partial charge on any atom is 0.167 e. The lowest BCUT2D eigenvalue weighted by molar-refractivity contribution is 0.101. The van der Waals surface area contributed by atoms with Crippen molar-refractivity contribution in [3.05, 3.63) is 23.3 Å². The molecule has 0 aromatic heterocycles. The van der Waals surface area contributed by atoms with Crippen LogP contribution >= 0.6 is 0 Å². The summed E-state index contributed by atoms with van der Waals surface area (Å²) in [6, 6.07) is 2.57. The highest BCUT2D eigenvalue weighted by Gasteiger charge is 2.14. The predicted molar refractivity (Wildman–Crippen MR) is 49.2 cm³/mol. The van der Waals surface area contributed by atoms with Crippen LogP contribution in [0.5, 0.6) is 11.5 Å². The number of Topliss-reactive ketones (excluding diaryl/α,β-unsaturated/α-hetero) is 1. The van der Waals surface area contributed by atoms with Gasteiger partial charge in [-0.05, 0) is 19.1 Å². The van der Waals surface area contributed by atoms with E-state index in [-0.39, 0.29) is 16.9 Å². The molecule has 1 rings (SSSR count). The van der Waals surface area contributed by atoms with Crippen molar-refractivity contribution in [2.24, 2.45) is 5.16 Å². The zero-order valence-electron chi connectivity index (χ0n) is 7.43. The van der Waals surface area contributed by atoms with Gasteiger partial charge in [-0.15, -0.1) is 0 Å². The fourth-order valence-electron chi connectivity index (χ4n) is 1.11. The maximum atomic E-state index is 11.0. The number of oxime groups is 1. The molecule has 0 spiro atoms. The number of rotatable bonds is 2. The number of carbonyl (C=O) groups is 1. The molecule has 0 saturated carbocycles. The van der Waals surface area contributed by atoms with Crippen LogP contribution in [0.3, 0.4) is 0 Å². The van der Waals surface area contributed by atoms with Gasteiger partial charge >= 0.3 is 0 Å². The van der Waals surface area contributed by atoms with Gasteiger partial charge in [0.25, 0.3) is 0 Å². The topological polar surface area (TPSA) is 90.1 Å². The molecule has 5 nitrogen and oxygen atoms in total. The minimum atomic E-state index is -0.465. The van der Waals surface area contributed by atoms with Crippen molar-refractivity contribution in [3.8, 4) is 11.5 Å². The standard InChI is InChI=1S/C9H9NO4/c1-5(11)8-7(12)3-2-6(4-10-14)9(8)13/h2-4,12-14H,1H3/b10-4+. The molecular weight excluding hydrogens is 186 g/mol. The van der Waals surface area contributed by atoms with E-state index in [1.807, 2.05) is 0 Å². The van der Waals surface area contributed by atoms with E-state index in [2.05, 4.69) is 5.16 Å². The number of carbonyl (C=O) groups excluding carboxylic acids is 1. The average molecular weight is 195 g/mol. The molecule has 0 amide bonds. The molecule has 0 atom stereocenters. The summed E-state index contributed by atoms with van der Waals surface area (Å²) in [4.78, 5) is 11.0. The normalized spacial score (nSPS) is 10.6. The highest BCUT2D eigenvalue weighted by molar-refractivity contribution is 6.02. The Morgan fingerprint density at radius 3 is 2.57 bits per heavy atom.